The van der Waals surface area contributed by atoms with Gasteiger partial charge in [-0.05, 0) is 95.1 Å². The lowest BCUT2D eigenvalue weighted by Crippen LogP contribution is -2.36. The molecule has 11 nitrogen and oxygen atoms in total. The maximum absolute atomic E-state index is 12.3. The lowest BCUT2D eigenvalue weighted by atomic mass is 10.1. The Morgan fingerprint density at radius 3 is 1.56 bits per heavy atom. The summed E-state index contributed by atoms with van der Waals surface area (Å²) in [5.74, 6) is 1.03. The zero-order valence-electron chi connectivity index (χ0n) is 18.4. The highest BCUT2D eigenvalue weighted by Gasteiger charge is 2.13. The second-order valence-corrected chi connectivity index (χ2v) is 7.59. The van der Waals surface area contributed by atoms with Gasteiger partial charge in [-0.2, -0.15) is 9.36 Å². The van der Waals surface area contributed by atoms with Crippen LogP contribution in [0.15, 0.2) is 36.4 Å². The number of benzene rings is 2. The summed E-state index contributed by atoms with van der Waals surface area (Å²) in [6.07, 6.45) is 0. The second-order valence-electron chi connectivity index (χ2n) is 7.59. The van der Waals surface area contributed by atoms with E-state index in [-0.39, 0.29) is 19.1 Å². The van der Waals surface area contributed by atoms with Gasteiger partial charge in [-0.15, -0.1) is 10.2 Å². The molecule has 0 atom stereocenters. The second kappa shape index (κ2) is 8.92. The molecule has 2 heterocycles. The molecular formula is C21H24N10O. The molecule has 0 unspecified atom stereocenters. The molecule has 2 aromatic heterocycles. The van der Waals surface area contributed by atoms with Crippen molar-refractivity contribution < 1.29 is 4.79 Å². The van der Waals surface area contributed by atoms with Gasteiger partial charge in [0, 0.05) is 0 Å². The highest BCUT2D eigenvalue weighted by Crippen LogP contribution is 2.15. The molecule has 0 fully saturated rings. The molecule has 32 heavy (non-hydrogen) atoms. The molecule has 4 rings (SSSR count). The van der Waals surface area contributed by atoms with Crippen molar-refractivity contribution in [3.05, 3.63) is 70.3 Å². The molecule has 4 aromatic rings. The van der Waals surface area contributed by atoms with Crippen LogP contribution in [0.4, 0.5) is 4.79 Å². The van der Waals surface area contributed by atoms with Crippen molar-refractivity contribution in [1.82, 2.24) is 51.0 Å². The van der Waals surface area contributed by atoms with E-state index in [9.17, 15) is 4.79 Å². The number of rotatable bonds is 6. The zero-order valence-corrected chi connectivity index (χ0v) is 18.4. The van der Waals surface area contributed by atoms with Gasteiger partial charge in [0.1, 0.15) is 0 Å². The van der Waals surface area contributed by atoms with Crippen LogP contribution in [-0.4, -0.2) is 46.4 Å². The van der Waals surface area contributed by atoms with Crippen LogP contribution >= 0.6 is 0 Å². The van der Waals surface area contributed by atoms with E-state index in [4.69, 9.17) is 0 Å². The minimum Gasteiger partial charge on any atom is -0.331 e. The quantitative estimate of drug-likeness (QED) is 0.476. The van der Waals surface area contributed by atoms with E-state index < -0.39 is 0 Å². The average molecular weight is 432 g/mol. The van der Waals surface area contributed by atoms with Crippen LogP contribution in [0.5, 0.6) is 0 Å². The molecule has 0 saturated carbocycles. The van der Waals surface area contributed by atoms with E-state index >= 15 is 0 Å². The van der Waals surface area contributed by atoms with E-state index in [0.717, 1.165) is 22.5 Å². The van der Waals surface area contributed by atoms with Crippen molar-refractivity contribution in [3.63, 3.8) is 0 Å². The Morgan fingerprint density at radius 1 is 0.719 bits per heavy atom. The summed E-state index contributed by atoms with van der Waals surface area (Å²) >= 11 is 0. The number of aromatic nitrogens is 8. The van der Waals surface area contributed by atoms with Gasteiger partial charge in [0.15, 0.2) is 11.6 Å². The highest BCUT2D eigenvalue weighted by atomic mass is 16.2. The normalized spacial score (nSPS) is 10.9. The molecule has 0 aliphatic rings. The molecule has 0 radical (unpaired) electrons. The van der Waals surface area contributed by atoms with Crippen molar-refractivity contribution in [1.29, 1.82) is 0 Å². The topological polar surface area (TPSA) is 128 Å². The minimum atomic E-state index is -0.380. The smallest absolute Gasteiger partial charge is 0.315 e. The molecule has 2 amide bonds. The first-order valence-electron chi connectivity index (χ1n) is 10.1. The number of urea groups is 1. The summed E-state index contributed by atoms with van der Waals surface area (Å²) in [6, 6.07) is 11.5. The zero-order chi connectivity index (χ0) is 22.7. The fourth-order valence-electron chi connectivity index (χ4n) is 3.13. The number of aryl methyl sites for hydroxylation is 4. The number of nitrogens with one attached hydrogen (secondary N) is 2. The maximum atomic E-state index is 12.3. The van der Waals surface area contributed by atoms with Gasteiger partial charge >= 0.3 is 6.03 Å². The Morgan fingerprint density at radius 2 is 1.16 bits per heavy atom. The van der Waals surface area contributed by atoms with Gasteiger partial charge in [-0.1, -0.05) is 12.1 Å². The van der Waals surface area contributed by atoms with Crippen molar-refractivity contribution in [2.45, 2.75) is 40.8 Å². The molecule has 0 bridgehead atoms. The van der Waals surface area contributed by atoms with Crippen molar-refractivity contribution in [2.24, 2.45) is 0 Å². The predicted octanol–water partition coefficient (Wildman–Crippen LogP) is 1.87. The van der Waals surface area contributed by atoms with Crippen molar-refractivity contribution in [3.8, 4) is 11.4 Å². The maximum Gasteiger partial charge on any atom is 0.315 e. The largest absolute Gasteiger partial charge is 0.331 e. The molecule has 2 aromatic carbocycles. The van der Waals surface area contributed by atoms with E-state index in [2.05, 4.69) is 41.7 Å². The van der Waals surface area contributed by atoms with Crippen molar-refractivity contribution >= 4 is 6.03 Å². The first kappa shape index (κ1) is 21.1. The van der Waals surface area contributed by atoms with Crippen LogP contribution in [0.2, 0.25) is 0 Å². The number of carbonyl (C=O) groups excluding carboxylic acids is 1. The molecule has 2 N–H and O–H groups in total. The van der Waals surface area contributed by atoms with Gasteiger partial charge in [-0.25, -0.2) is 4.79 Å². The molecule has 0 aliphatic heterocycles. The Labute approximate surface area is 184 Å². The summed E-state index contributed by atoms with van der Waals surface area (Å²) in [5, 5.41) is 29.1. The van der Waals surface area contributed by atoms with Crippen molar-refractivity contribution in [2.75, 3.05) is 0 Å². The SMILES string of the molecule is Cc1ccc(-n2nnnc2CNC(=O)NCc2nnnn2-c2ccc(C)c(C)c2)cc1C. The van der Waals surface area contributed by atoms with Gasteiger partial charge in [0.05, 0.1) is 24.5 Å². The third-order valence-corrected chi connectivity index (χ3v) is 5.35. The lowest BCUT2D eigenvalue weighted by molar-refractivity contribution is 0.239. The number of amides is 2. The van der Waals surface area contributed by atoms with Gasteiger partial charge in [0.2, 0.25) is 0 Å². The van der Waals surface area contributed by atoms with Crippen LogP contribution < -0.4 is 10.6 Å². The highest BCUT2D eigenvalue weighted by molar-refractivity contribution is 5.73. The number of tetrazole rings is 2. The summed E-state index contributed by atoms with van der Waals surface area (Å²) in [7, 11) is 0. The molecule has 0 aliphatic carbocycles. The Hall–Kier alpha value is -4.15. The van der Waals surface area contributed by atoms with Gasteiger partial charge in [-0.3, -0.25) is 0 Å². The van der Waals surface area contributed by atoms with Crippen LogP contribution in [0.25, 0.3) is 11.4 Å². The van der Waals surface area contributed by atoms with Crippen LogP contribution in [0.1, 0.15) is 33.9 Å². The number of hydrogen-bond acceptors (Lipinski definition) is 7. The van der Waals surface area contributed by atoms with E-state index in [0.29, 0.717) is 11.6 Å². The monoisotopic (exact) mass is 432 g/mol. The summed E-state index contributed by atoms with van der Waals surface area (Å²) < 4.78 is 3.21. The summed E-state index contributed by atoms with van der Waals surface area (Å²) in [4.78, 5) is 12.3. The Bertz CT molecular complexity index is 1160. The molecule has 0 spiro atoms. The third-order valence-electron chi connectivity index (χ3n) is 5.35. The van der Waals surface area contributed by atoms with Crippen LogP contribution in [0, 0.1) is 27.7 Å². The first-order chi connectivity index (χ1) is 15.4. The fourth-order valence-corrected chi connectivity index (χ4v) is 3.13. The Kier molecular flexibility index (Phi) is 5.88. The molecule has 0 saturated heterocycles. The van der Waals surface area contributed by atoms with E-state index in [1.807, 2.05) is 64.1 Å². The summed E-state index contributed by atoms with van der Waals surface area (Å²) in [5.41, 5.74) is 6.31. The average Bonchev–Trinajstić information content (AvgIpc) is 3.44. The van der Waals surface area contributed by atoms with Crippen LogP contribution in [0.3, 0.4) is 0 Å². The third kappa shape index (κ3) is 4.46. The molecule has 11 heteroatoms. The molecular weight excluding hydrogens is 408 g/mol. The number of hydrogen-bond donors (Lipinski definition) is 2. The lowest BCUT2D eigenvalue weighted by Gasteiger charge is -2.10. The fraction of sp³-hybridized carbons (Fsp3) is 0.286. The standard InChI is InChI=1S/C21H24N10O/c1-13-5-7-17(9-15(13)3)30-19(24-26-28-30)11-22-21(32)23-12-20-25-27-29-31(20)18-8-6-14(2)16(4)10-18/h5-10H,11-12H2,1-4H3,(H2,22,23,32). The van der Waals surface area contributed by atoms with Crippen LogP contribution in [-0.2, 0) is 13.1 Å². The molecule has 164 valence electrons. The van der Waals surface area contributed by atoms with E-state index in [1.165, 1.54) is 11.1 Å². The minimum absolute atomic E-state index is 0.161. The first-order valence-corrected chi connectivity index (χ1v) is 10.1. The predicted molar refractivity (Wildman–Crippen MR) is 116 cm³/mol. The summed E-state index contributed by atoms with van der Waals surface area (Å²) in [6.45, 7) is 8.46. The number of nitrogens with zero attached hydrogens (tertiary/aromatic N) is 8. The van der Waals surface area contributed by atoms with Gasteiger partial charge < -0.3 is 10.6 Å². The van der Waals surface area contributed by atoms with E-state index in [1.54, 1.807) is 9.36 Å². The Balaban J connectivity index is 1.37. The number of carbonyl (C=O) groups is 1. The van der Waals surface area contributed by atoms with Gasteiger partial charge in [0.25, 0.3) is 0 Å².